The third kappa shape index (κ3) is 3.09. The maximum Gasteiger partial charge on any atom is 0.306 e. The highest BCUT2D eigenvalue weighted by Gasteiger charge is 2.27. The maximum absolute atomic E-state index is 12.3. The molecule has 1 aromatic carbocycles. The van der Waals surface area contributed by atoms with Crippen molar-refractivity contribution in [2.45, 2.75) is 31.7 Å². The zero-order chi connectivity index (χ0) is 15.7. The van der Waals surface area contributed by atoms with Crippen LogP contribution in [-0.4, -0.2) is 28.0 Å². The highest BCUT2D eigenvalue weighted by atomic mass is 35.5. The Bertz CT molecular complexity index is 717. The highest BCUT2D eigenvalue weighted by molar-refractivity contribution is 6.31. The Hall–Kier alpha value is -2.01. The van der Waals surface area contributed by atoms with Gasteiger partial charge in [0.15, 0.2) is 0 Å². The molecule has 116 valence electrons. The standard InChI is InChI=1S/C16H17ClN2O3/c17-11-3-6-13-10(7-11)8-14(19-13)15(20)18-12-4-1-9(2-5-12)16(21)22/h3,6-9,12,19H,1-2,4-5H2,(H,18,20)(H,21,22)/t9-,12-. The minimum atomic E-state index is -0.739. The van der Waals surface area contributed by atoms with Gasteiger partial charge >= 0.3 is 5.97 Å². The molecule has 1 aliphatic rings. The summed E-state index contributed by atoms with van der Waals surface area (Å²) in [5.41, 5.74) is 1.36. The summed E-state index contributed by atoms with van der Waals surface area (Å²) in [4.78, 5) is 26.3. The Morgan fingerprint density at radius 3 is 2.59 bits per heavy atom. The number of carbonyl (C=O) groups excluding carboxylic acids is 1. The molecule has 0 atom stereocenters. The fourth-order valence-electron chi connectivity index (χ4n) is 2.97. The molecule has 2 aromatic rings. The van der Waals surface area contributed by atoms with Crippen molar-refractivity contribution in [1.29, 1.82) is 0 Å². The molecular weight excluding hydrogens is 304 g/mol. The number of carbonyl (C=O) groups is 2. The first-order valence-electron chi connectivity index (χ1n) is 7.35. The van der Waals surface area contributed by atoms with Gasteiger partial charge in [0.25, 0.3) is 5.91 Å². The molecule has 0 aliphatic heterocycles. The summed E-state index contributed by atoms with van der Waals surface area (Å²) >= 11 is 5.94. The molecule has 5 nitrogen and oxygen atoms in total. The first-order valence-corrected chi connectivity index (χ1v) is 7.72. The van der Waals surface area contributed by atoms with E-state index in [1.165, 1.54) is 0 Å². The van der Waals surface area contributed by atoms with Crippen LogP contribution in [-0.2, 0) is 4.79 Å². The number of rotatable bonds is 3. The summed E-state index contributed by atoms with van der Waals surface area (Å²) < 4.78 is 0. The number of amides is 1. The summed E-state index contributed by atoms with van der Waals surface area (Å²) in [7, 11) is 0. The zero-order valence-electron chi connectivity index (χ0n) is 11.9. The molecule has 22 heavy (non-hydrogen) atoms. The zero-order valence-corrected chi connectivity index (χ0v) is 12.7. The van der Waals surface area contributed by atoms with Crippen molar-refractivity contribution in [2.24, 2.45) is 5.92 Å². The average molecular weight is 321 g/mol. The molecule has 0 bridgehead atoms. The lowest BCUT2D eigenvalue weighted by Gasteiger charge is -2.26. The minimum absolute atomic E-state index is 0.0399. The Morgan fingerprint density at radius 2 is 1.91 bits per heavy atom. The molecule has 0 unspecified atom stereocenters. The summed E-state index contributed by atoms with van der Waals surface area (Å²) in [6.45, 7) is 0. The first-order chi connectivity index (χ1) is 10.5. The van der Waals surface area contributed by atoms with Crippen molar-refractivity contribution in [1.82, 2.24) is 10.3 Å². The van der Waals surface area contributed by atoms with Gasteiger partial charge in [0, 0.05) is 22.0 Å². The number of hydrogen-bond acceptors (Lipinski definition) is 2. The van der Waals surface area contributed by atoms with Crippen LogP contribution in [0.3, 0.4) is 0 Å². The largest absolute Gasteiger partial charge is 0.481 e. The van der Waals surface area contributed by atoms with Gasteiger partial charge in [0.05, 0.1) is 5.92 Å². The van der Waals surface area contributed by atoms with Gasteiger partial charge in [-0.25, -0.2) is 0 Å². The first kappa shape index (κ1) is 14.9. The van der Waals surface area contributed by atoms with E-state index in [0.29, 0.717) is 36.4 Å². The highest BCUT2D eigenvalue weighted by Crippen LogP contribution is 2.25. The molecule has 6 heteroatoms. The van der Waals surface area contributed by atoms with Gasteiger partial charge in [-0.05, 0) is 49.9 Å². The number of carboxylic acid groups (broad SMARTS) is 1. The monoisotopic (exact) mass is 320 g/mol. The lowest BCUT2D eigenvalue weighted by molar-refractivity contribution is -0.142. The SMILES string of the molecule is O=C(N[C@H]1CC[C@H](C(=O)O)CC1)c1cc2cc(Cl)ccc2[nH]1. The van der Waals surface area contributed by atoms with Crippen LogP contribution >= 0.6 is 11.6 Å². The summed E-state index contributed by atoms with van der Waals surface area (Å²) in [6.07, 6.45) is 2.63. The van der Waals surface area contributed by atoms with Crippen LogP contribution < -0.4 is 5.32 Å². The Kier molecular flexibility index (Phi) is 4.07. The molecule has 3 rings (SSSR count). The van der Waals surface area contributed by atoms with Gasteiger partial charge in [-0.3, -0.25) is 9.59 Å². The number of benzene rings is 1. The van der Waals surface area contributed by atoms with E-state index < -0.39 is 5.97 Å². The number of H-pyrrole nitrogens is 1. The van der Waals surface area contributed by atoms with Crippen molar-refractivity contribution >= 4 is 34.4 Å². The van der Waals surface area contributed by atoms with Gasteiger partial charge in [0.1, 0.15) is 5.69 Å². The number of halogens is 1. The second-order valence-corrected chi connectivity index (χ2v) is 6.21. The lowest BCUT2D eigenvalue weighted by atomic mass is 9.86. The van der Waals surface area contributed by atoms with Gasteiger partial charge < -0.3 is 15.4 Å². The van der Waals surface area contributed by atoms with Crippen molar-refractivity contribution < 1.29 is 14.7 Å². The molecule has 1 aliphatic carbocycles. The van der Waals surface area contributed by atoms with Crippen LogP contribution in [0.4, 0.5) is 0 Å². The predicted molar refractivity (Wildman–Crippen MR) is 84.2 cm³/mol. The number of nitrogens with one attached hydrogen (secondary N) is 2. The van der Waals surface area contributed by atoms with Gasteiger partial charge in [-0.1, -0.05) is 11.6 Å². The van der Waals surface area contributed by atoms with Crippen molar-refractivity contribution in [3.05, 3.63) is 35.0 Å². The van der Waals surface area contributed by atoms with Gasteiger partial charge in [0.2, 0.25) is 0 Å². The molecular formula is C16H17ClN2O3. The lowest BCUT2D eigenvalue weighted by Crippen LogP contribution is -2.38. The molecule has 3 N–H and O–H groups in total. The number of carboxylic acids is 1. The van der Waals surface area contributed by atoms with E-state index in [-0.39, 0.29) is 17.9 Å². The van der Waals surface area contributed by atoms with Crippen LogP contribution in [0.2, 0.25) is 5.02 Å². The average Bonchev–Trinajstić information content (AvgIpc) is 2.91. The molecule has 0 spiro atoms. The Morgan fingerprint density at radius 1 is 1.18 bits per heavy atom. The number of hydrogen-bond donors (Lipinski definition) is 3. The van der Waals surface area contributed by atoms with Gasteiger partial charge in [-0.2, -0.15) is 0 Å². The fraction of sp³-hybridized carbons (Fsp3) is 0.375. The number of aromatic nitrogens is 1. The van der Waals surface area contributed by atoms with E-state index in [0.717, 1.165) is 10.9 Å². The van der Waals surface area contributed by atoms with Crippen LogP contribution in [0.5, 0.6) is 0 Å². The van der Waals surface area contributed by atoms with E-state index in [4.69, 9.17) is 16.7 Å². The molecule has 1 aromatic heterocycles. The predicted octanol–water partition coefficient (Wildman–Crippen LogP) is 3.19. The molecule has 1 fully saturated rings. The van der Waals surface area contributed by atoms with Crippen LogP contribution in [0.25, 0.3) is 10.9 Å². The normalized spacial score (nSPS) is 21.7. The number of fused-ring (bicyclic) bond motifs is 1. The maximum atomic E-state index is 12.3. The van der Waals surface area contributed by atoms with E-state index in [2.05, 4.69) is 10.3 Å². The van der Waals surface area contributed by atoms with Crippen LogP contribution in [0.15, 0.2) is 24.3 Å². The van der Waals surface area contributed by atoms with Crippen molar-refractivity contribution in [3.63, 3.8) is 0 Å². The molecule has 1 amide bonds. The minimum Gasteiger partial charge on any atom is -0.481 e. The quantitative estimate of drug-likeness (QED) is 0.812. The number of aromatic amines is 1. The van der Waals surface area contributed by atoms with Crippen molar-refractivity contribution in [2.75, 3.05) is 0 Å². The topological polar surface area (TPSA) is 82.2 Å². The summed E-state index contributed by atoms with van der Waals surface area (Å²) in [5, 5.41) is 13.5. The fourth-order valence-corrected chi connectivity index (χ4v) is 3.15. The number of aliphatic carboxylic acids is 1. The van der Waals surface area contributed by atoms with E-state index in [1.807, 2.05) is 12.1 Å². The van der Waals surface area contributed by atoms with E-state index >= 15 is 0 Å². The Balaban J connectivity index is 1.65. The third-order valence-corrected chi connectivity index (χ3v) is 4.47. The van der Waals surface area contributed by atoms with Gasteiger partial charge in [-0.15, -0.1) is 0 Å². The molecule has 1 saturated carbocycles. The second-order valence-electron chi connectivity index (χ2n) is 5.77. The molecule has 0 radical (unpaired) electrons. The van der Waals surface area contributed by atoms with Crippen LogP contribution in [0, 0.1) is 5.92 Å². The third-order valence-electron chi connectivity index (χ3n) is 4.24. The smallest absolute Gasteiger partial charge is 0.306 e. The Labute approximate surface area is 132 Å². The van der Waals surface area contributed by atoms with E-state index in [9.17, 15) is 9.59 Å². The summed E-state index contributed by atoms with van der Waals surface area (Å²) in [5.74, 6) is -1.17. The summed E-state index contributed by atoms with van der Waals surface area (Å²) in [6, 6.07) is 7.24. The second kappa shape index (κ2) is 6.01. The van der Waals surface area contributed by atoms with E-state index in [1.54, 1.807) is 12.1 Å². The van der Waals surface area contributed by atoms with Crippen molar-refractivity contribution in [3.8, 4) is 0 Å². The van der Waals surface area contributed by atoms with Crippen LogP contribution in [0.1, 0.15) is 36.2 Å². The molecule has 1 heterocycles. The molecule has 0 saturated heterocycles.